The summed E-state index contributed by atoms with van der Waals surface area (Å²) in [5, 5.41) is 5.97. The van der Waals surface area contributed by atoms with E-state index in [0.29, 0.717) is 17.1 Å². The van der Waals surface area contributed by atoms with Gasteiger partial charge in [-0.3, -0.25) is 19.1 Å². The Hall–Kier alpha value is -2.10. The van der Waals surface area contributed by atoms with Crippen LogP contribution in [0.2, 0.25) is 0 Å². The van der Waals surface area contributed by atoms with Crippen LogP contribution in [-0.4, -0.2) is 38.4 Å². The molecule has 0 saturated carbocycles. The monoisotopic (exact) mass is 389 g/mol. The minimum absolute atomic E-state index is 0.103. The number of amides is 1. The molecule has 136 valence electrons. The predicted molar refractivity (Wildman–Crippen MR) is 104 cm³/mol. The molecule has 0 unspecified atom stereocenters. The van der Waals surface area contributed by atoms with Crippen LogP contribution >= 0.6 is 22.7 Å². The van der Waals surface area contributed by atoms with Crippen molar-refractivity contribution in [1.82, 2.24) is 19.4 Å². The van der Waals surface area contributed by atoms with Crippen LogP contribution in [0.3, 0.4) is 0 Å². The fourth-order valence-electron chi connectivity index (χ4n) is 3.03. The molecule has 9 heteroatoms. The Kier molecular flexibility index (Phi) is 4.84. The lowest BCUT2D eigenvalue weighted by atomic mass is 10.2. The van der Waals surface area contributed by atoms with Gasteiger partial charge in [0.2, 0.25) is 5.91 Å². The van der Waals surface area contributed by atoms with E-state index in [9.17, 15) is 9.59 Å². The number of hydrogen-bond acceptors (Lipinski definition) is 7. The number of hydrogen-bond donors (Lipinski definition) is 1. The number of anilines is 1. The molecule has 4 heterocycles. The maximum atomic E-state index is 12.3. The van der Waals surface area contributed by atoms with Crippen molar-refractivity contribution in [1.29, 1.82) is 0 Å². The summed E-state index contributed by atoms with van der Waals surface area (Å²) in [5.74, 6) is -0.138. The zero-order valence-electron chi connectivity index (χ0n) is 14.4. The van der Waals surface area contributed by atoms with Gasteiger partial charge in [-0.25, -0.2) is 9.97 Å². The van der Waals surface area contributed by atoms with Gasteiger partial charge in [0.05, 0.1) is 17.4 Å². The number of nitrogens with one attached hydrogen (secondary N) is 1. The summed E-state index contributed by atoms with van der Waals surface area (Å²) in [4.78, 5) is 37.7. The second-order valence-corrected chi connectivity index (χ2v) is 8.17. The quantitative estimate of drug-likeness (QED) is 0.724. The third kappa shape index (κ3) is 3.42. The van der Waals surface area contributed by atoms with E-state index in [1.54, 1.807) is 17.4 Å². The zero-order chi connectivity index (χ0) is 18.1. The van der Waals surface area contributed by atoms with E-state index in [-0.39, 0.29) is 17.9 Å². The molecule has 3 aromatic heterocycles. The zero-order valence-corrected chi connectivity index (χ0v) is 16.0. The van der Waals surface area contributed by atoms with Crippen molar-refractivity contribution >= 4 is 43.9 Å². The summed E-state index contributed by atoms with van der Waals surface area (Å²) in [6.07, 6.45) is 2.65. The van der Waals surface area contributed by atoms with Gasteiger partial charge >= 0.3 is 0 Å². The molecular formula is C17H19N5O2S2. The van der Waals surface area contributed by atoms with Gasteiger partial charge < -0.3 is 5.32 Å². The minimum Gasteiger partial charge on any atom is -0.302 e. The lowest BCUT2D eigenvalue weighted by Gasteiger charge is -2.23. The Morgan fingerprint density at radius 1 is 1.42 bits per heavy atom. The maximum Gasteiger partial charge on any atom is 0.262 e. The molecule has 0 saturated heterocycles. The number of aryl methyl sites for hydroxylation is 1. The molecule has 0 radical (unpaired) electrons. The largest absolute Gasteiger partial charge is 0.302 e. The number of carbonyl (C=O) groups excluding carboxylic acids is 1. The van der Waals surface area contributed by atoms with Gasteiger partial charge in [0, 0.05) is 37.4 Å². The lowest BCUT2D eigenvalue weighted by molar-refractivity contribution is -0.116. The predicted octanol–water partition coefficient (Wildman–Crippen LogP) is 2.32. The van der Waals surface area contributed by atoms with E-state index < -0.39 is 0 Å². The average molecular weight is 390 g/mol. The number of thiazole rings is 1. The second kappa shape index (κ2) is 7.26. The van der Waals surface area contributed by atoms with Crippen molar-refractivity contribution in [2.45, 2.75) is 32.9 Å². The van der Waals surface area contributed by atoms with Crippen LogP contribution < -0.4 is 10.9 Å². The normalized spacial score (nSPS) is 14.5. The highest BCUT2D eigenvalue weighted by Gasteiger charge is 2.20. The minimum atomic E-state index is -0.138. The SMILES string of the molecule is CCN1CCc2nc(NC(=O)CCn3cnc4sccc4c3=O)sc2C1. The highest BCUT2D eigenvalue weighted by atomic mass is 32.1. The molecule has 1 aliphatic heterocycles. The van der Waals surface area contributed by atoms with Crippen molar-refractivity contribution in [3.8, 4) is 0 Å². The molecule has 26 heavy (non-hydrogen) atoms. The average Bonchev–Trinajstić information content (AvgIpc) is 3.26. The molecule has 3 aromatic rings. The summed E-state index contributed by atoms with van der Waals surface area (Å²) in [5.41, 5.74) is 0.992. The van der Waals surface area contributed by atoms with Crippen molar-refractivity contribution < 1.29 is 4.79 Å². The molecule has 0 spiro atoms. The van der Waals surface area contributed by atoms with Crippen molar-refractivity contribution in [3.05, 3.63) is 38.7 Å². The van der Waals surface area contributed by atoms with E-state index in [4.69, 9.17) is 0 Å². The topological polar surface area (TPSA) is 80.1 Å². The van der Waals surface area contributed by atoms with Crippen molar-refractivity contribution in [2.24, 2.45) is 0 Å². The van der Waals surface area contributed by atoms with Crippen LogP contribution in [0, 0.1) is 0 Å². The van der Waals surface area contributed by atoms with Gasteiger partial charge in [0.25, 0.3) is 5.56 Å². The van der Waals surface area contributed by atoms with Crippen LogP contribution in [0.4, 0.5) is 5.13 Å². The summed E-state index contributed by atoms with van der Waals surface area (Å²) in [6, 6.07) is 1.77. The van der Waals surface area contributed by atoms with Crippen molar-refractivity contribution in [2.75, 3.05) is 18.4 Å². The van der Waals surface area contributed by atoms with Gasteiger partial charge in [-0.05, 0) is 18.0 Å². The van der Waals surface area contributed by atoms with Crippen LogP contribution in [0.15, 0.2) is 22.6 Å². The first-order valence-corrected chi connectivity index (χ1v) is 10.3. The second-order valence-electron chi connectivity index (χ2n) is 6.19. The number of aromatic nitrogens is 3. The van der Waals surface area contributed by atoms with E-state index in [1.165, 1.54) is 27.1 Å². The van der Waals surface area contributed by atoms with E-state index in [0.717, 1.165) is 36.6 Å². The highest BCUT2D eigenvalue weighted by Crippen LogP contribution is 2.28. The standard InChI is InChI=1S/C17H19N5O2S2/c1-2-21-6-3-12-13(9-21)26-17(19-12)20-14(23)4-7-22-10-18-15-11(16(22)24)5-8-25-15/h5,8,10H,2-4,6-7,9H2,1H3,(H,19,20,23). The summed E-state index contributed by atoms with van der Waals surface area (Å²) >= 11 is 2.98. The smallest absolute Gasteiger partial charge is 0.262 e. The van der Waals surface area contributed by atoms with E-state index in [1.807, 2.05) is 5.38 Å². The molecule has 0 bridgehead atoms. The Morgan fingerprint density at radius 3 is 3.15 bits per heavy atom. The maximum absolute atomic E-state index is 12.3. The fraction of sp³-hybridized carbons (Fsp3) is 0.412. The van der Waals surface area contributed by atoms with Crippen LogP contribution in [-0.2, 0) is 24.3 Å². The van der Waals surface area contributed by atoms with Crippen LogP contribution in [0.1, 0.15) is 23.9 Å². The Morgan fingerprint density at radius 2 is 2.31 bits per heavy atom. The van der Waals surface area contributed by atoms with Crippen LogP contribution in [0.25, 0.3) is 10.2 Å². The van der Waals surface area contributed by atoms with E-state index >= 15 is 0 Å². The molecule has 7 nitrogen and oxygen atoms in total. The lowest BCUT2D eigenvalue weighted by Crippen LogP contribution is -2.29. The van der Waals surface area contributed by atoms with Crippen LogP contribution in [0.5, 0.6) is 0 Å². The number of likely N-dealkylation sites (N-methyl/N-ethyl adjacent to an activating group) is 1. The first-order valence-electron chi connectivity index (χ1n) is 8.57. The van der Waals surface area contributed by atoms with Gasteiger partial charge in [-0.15, -0.1) is 22.7 Å². The molecule has 0 aliphatic carbocycles. The highest BCUT2D eigenvalue weighted by molar-refractivity contribution is 7.16. The molecule has 4 rings (SSSR count). The molecule has 1 N–H and O–H groups in total. The number of nitrogens with zero attached hydrogens (tertiary/aromatic N) is 4. The summed E-state index contributed by atoms with van der Waals surface area (Å²) in [7, 11) is 0. The number of carbonyl (C=O) groups is 1. The Balaban J connectivity index is 1.39. The molecule has 0 atom stereocenters. The number of thiophene rings is 1. The van der Waals surface area contributed by atoms with E-state index in [2.05, 4.69) is 27.1 Å². The van der Waals surface area contributed by atoms with Gasteiger partial charge in [-0.2, -0.15) is 0 Å². The Labute approximate surface area is 158 Å². The van der Waals surface area contributed by atoms with Gasteiger partial charge in [0.15, 0.2) is 5.13 Å². The number of fused-ring (bicyclic) bond motifs is 2. The Bertz CT molecular complexity index is 1010. The van der Waals surface area contributed by atoms with Gasteiger partial charge in [-0.1, -0.05) is 6.92 Å². The number of rotatable bonds is 5. The molecule has 0 fully saturated rings. The third-order valence-corrected chi connectivity index (χ3v) is 6.35. The van der Waals surface area contributed by atoms with Crippen molar-refractivity contribution in [3.63, 3.8) is 0 Å². The molecule has 0 aromatic carbocycles. The first-order chi connectivity index (χ1) is 12.6. The first kappa shape index (κ1) is 17.3. The fourth-order valence-corrected chi connectivity index (χ4v) is 4.82. The summed E-state index contributed by atoms with van der Waals surface area (Å²) in [6.45, 7) is 5.40. The molecule has 1 aliphatic rings. The summed E-state index contributed by atoms with van der Waals surface area (Å²) < 4.78 is 1.49. The molecule has 1 amide bonds. The van der Waals surface area contributed by atoms with Gasteiger partial charge in [0.1, 0.15) is 4.83 Å². The molecular weight excluding hydrogens is 370 g/mol. The third-order valence-electron chi connectivity index (χ3n) is 4.53.